The van der Waals surface area contributed by atoms with Crippen molar-refractivity contribution in [1.82, 2.24) is 5.32 Å². The SMILES string of the molecule is O=C1CCC(c2ccc(F)cc2)(S(=O)(=O)c2ccccc2)C(=O)N1. The van der Waals surface area contributed by atoms with Gasteiger partial charge in [0.25, 0.3) is 5.91 Å². The average molecular weight is 347 g/mol. The Labute approximate surface area is 138 Å². The zero-order valence-corrected chi connectivity index (χ0v) is 13.3. The van der Waals surface area contributed by atoms with Gasteiger partial charge in [0.1, 0.15) is 5.82 Å². The van der Waals surface area contributed by atoms with E-state index in [1.807, 2.05) is 0 Å². The van der Waals surface area contributed by atoms with Crippen molar-refractivity contribution in [1.29, 1.82) is 0 Å². The minimum Gasteiger partial charge on any atom is -0.295 e. The van der Waals surface area contributed by atoms with Gasteiger partial charge >= 0.3 is 0 Å². The molecule has 3 rings (SSSR count). The van der Waals surface area contributed by atoms with Gasteiger partial charge in [-0.25, -0.2) is 12.8 Å². The summed E-state index contributed by atoms with van der Waals surface area (Å²) >= 11 is 0. The van der Waals surface area contributed by atoms with E-state index < -0.39 is 32.2 Å². The van der Waals surface area contributed by atoms with Gasteiger partial charge in [-0.05, 0) is 36.2 Å². The molecule has 7 heteroatoms. The fourth-order valence-corrected chi connectivity index (χ4v) is 4.93. The van der Waals surface area contributed by atoms with Crippen molar-refractivity contribution in [2.75, 3.05) is 0 Å². The number of halogens is 1. The summed E-state index contributed by atoms with van der Waals surface area (Å²) in [5.74, 6) is -1.98. The number of hydrogen-bond acceptors (Lipinski definition) is 4. The lowest BCUT2D eigenvalue weighted by molar-refractivity contribution is -0.135. The summed E-state index contributed by atoms with van der Waals surface area (Å²) in [5.41, 5.74) is 0.137. The molecule has 5 nitrogen and oxygen atoms in total. The van der Waals surface area contributed by atoms with Crippen LogP contribution >= 0.6 is 0 Å². The number of rotatable bonds is 3. The number of carbonyl (C=O) groups is 2. The summed E-state index contributed by atoms with van der Waals surface area (Å²) in [4.78, 5) is 24.1. The molecule has 2 amide bonds. The van der Waals surface area contributed by atoms with E-state index in [9.17, 15) is 22.4 Å². The van der Waals surface area contributed by atoms with Gasteiger partial charge < -0.3 is 0 Å². The van der Waals surface area contributed by atoms with Gasteiger partial charge in [0.05, 0.1) is 4.90 Å². The van der Waals surface area contributed by atoms with Crippen molar-refractivity contribution < 1.29 is 22.4 Å². The lowest BCUT2D eigenvalue weighted by atomic mass is 9.89. The summed E-state index contributed by atoms with van der Waals surface area (Å²) in [5, 5.41) is 2.11. The van der Waals surface area contributed by atoms with Crippen molar-refractivity contribution in [2.24, 2.45) is 0 Å². The normalized spacial score (nSPS) is 21.4. The third-order valence-electron chi connectivity index (χ3n) is 4.15. The first-order valence-electron chi connectivity index (χ1n) is 7.28. The predicted molar refractivity (Wildman–Crippen MR) is 84.1 cm³/mol. The van der Waals surface area contributed by atoms with Crippen LogP contribution < -0.4 is 5.32 Å². The second kappa shape index (κ2) is 5.83. The molecule has 1 aliphatic rings. The fourth-order valence-electron chi connectivity index (χ4n) is 2.90. The van der Waals surface area contributed by atoms with Crippen LogP contribution in [0.3, 0.4) is 0 Å². The third kappa shape index (κ3) is 2.41. The molecule has 1 heterocycles. The molecule has 1 aliphatic heterocycles. The molecule has 124 valence electrons. The van der Waals surface area contributed by atoms with Gasteiger partial charge in [0.15, 0.2) is 14.6 Å². The topological polar surface area (TPSA) is 80.3 Å². The van der Waals surface area contributed by atoms with Crippen LogP contribution in [0.1, 0.15) is 18.4 Å². The lowest BCUT2D eigenvalue weighted by Crippen LogP contribution is -2.55. The van der Waals surface area contributed by atoms with Gasteiger partial charge in [0, 0.05) is 6.42 Å². The van der Waals surface area contributed by atoms with Crippen LogP contribution in [0.4, 0.5) is 4.39 Å². The molecule has 1 fully saturated rings. The summed E-state index contributed by atoms with van der Waals surface area (Å²) < 4.78 is 37.8. The number of hydrogen-bond donors (Lipinski definition) is 1. The molecule has 1 unspecified atom stereocenters. The van der Waals surface area contributed by atoms with Gasteiger partial charge in [-0.3, -0.25) is 14.9 Å². The number of carbonyl (C=O) groups excluding carboxylic acids is 2. The highest BCUT2D eigenvalue weighted by molar-refractivity contribution is 7.93. The fraction of sp³-hybridized carbons (Fsp3) is 0.176. The number of nitrogens with one attached hydrogen (secondary N) is 1. The smallest absolute Gasteiger partial charge is 0.252 e. The first kappa shape index (κ1) is 16.3. The van der Waals surface area contributed by atoms with E-state index in [0.717, 1.165) is 12.1 Å². The Balaban J connectivity index is 2.25. The molecule has 0 radical (unpaired) electrons. The van der Waals surface area contributed by atoms with E-state index in [0.29, 0.717) is 0 Å². The lowest BCUT2D eigenvalue weighted by Gasteiger charge is -2.35. The zero-order chi connectivity index (χ0) is 17.4. The molecule has 0 aliphatic carbocycles. The van der Waals surface area contributed by atoms with Crippen LogP contribution in [0, 0.1) is 5.82 Å². The average Bonchev–Trinajstić information content (AvgIpc) is 2.57. The maximum Gasteiger partial charge on any atom is 0.252 e. The Morgan fingerprint density at radius 2 is 1.58 bits per heavy atom. The predicted octanol–water partition coefficient (Wildman–Crippen LogP) is 1.93. The maximum absolute atomic E-state index is 13.3. The molecule has 2 aromatic carbocycles. The number of benzene rings is 2. The van der Waals surface area contributed by atoms with E-state index in [1.54, 1.807) is 18.2 Å². The summed E-state index contributed by atoms with van der Waals surface area (Å²) in [6.07, 6.45) is -0.310. The number of sulfone groups is 1. The molecular formula is C17H14FNO4S. The zero-order valence-electron chi connectivity index (χ0n) is 12.5. The van der Waals surface area contributed by atoms with Crippen molar-refractivity contribution in [3.8, 4) is 0 Å². The molecule has 1 N–H and O–H groups in total. The molecule has 0 spiro atoms. The van der Waals surface area contributed by atoms with Gasteiger partial charge in [-0.2, -0.15) is 0 Å². The van der Waals surface area contributed by atoms with Gasteiger partial charge in [-0.15, -0.1) is 0 Å². The van der Waals surface area contributed by atoms with E-state index in [-0.39, 0.29) is 23.3 Å². The summed E-state index contributed by atoms with van der Waals surface area (Å²) in [7, 11) is -4.15. The quantitative estimate of drug-likeness (QED) is 0.861. The van der Waals surface area contributed by atoms with Crippen LogP contribution in [-0.4, -0.2) is 20.2 Å². The minimum atomic E-state index is -4.15. The van der Waals surface area contributed by atoms with Crippen molar-refractivity contribution in [3.05, 3.63) is 66.0 Å². The molecule has 1 saturated heterocycles. The Morgan fingerprint density at radius 1 is 0.958 bits per heavy atom. The summed E-state index contributed by atoms with van der Waals surface area (Å²) in [6, 6.07) is 12.3. The first-order chi connectivity index (χ1) is 11.4. The molecular weight excluding hydrogens is 333 g/mol. The highest BCUT2D eigenvalue weighted by atomic mass is 32.2. The maximum atomic E-state index is 13.3. The summed E-state index contributed by atoms with van der Waals surface area (Å²) in [6.45, 7) is 0. The largest absolute Gasteiger partial charge is 0.295 e. The van der Waals surface area contributed by atoms with Crippen LogP contribution in [0.25, 0.3) is 0 Å². The van der Waals surface area contributed by atoms with Crippen molar-refractivity contribution in [2.45, 2.75) is 22.5 Å². The van der Waals surface area contributed by atoms with E-state index >= 15 is 0 Å². The highest BCUT2D eigenvalue weighted by Gasteiger charge is 2.55. The molecule has 0 aromatic heterocycles. The minimum absolute atomic E-state index is 0.0289. The third-order valence-corrected chi connectivity index (χ3v) is 6.58. The first-order valence-corrected chi connectivity index (χ1v) is 8.76. The van der Waals surface area contributed by atoms with Gasteiger partial charge in [-0.1, -0.05) is 30.3 Å². The molecule has 24 heavy (non-hydrogen) atoms. The van der Waals surface area contributed by atoms with Gasteiger partial charge in [0.2, 0.25) is 5.91 Å². The van der Waals surface area contributed by atoms with Crippen LogP contribution in [0.15, 0.2) is 59.5 Å². The monoisotopic (exact) mass is 347 g/mol. The number of imide groups is 1. The van der Waals surface area contributed by atoms with Crippen molar-refractivity contribution in [3.63, 3.8) is 0 Å². The second-order valence-corrected chi connectivity index (χ2v) is 7.70. The van der Waals surface area contributed by atoms with Crippen LogP contribution in [0.5, 0.6) is 0 Å². The molecule has 1 atom stereocenters. The van der Waals surface area contributed by atoms with Crippen LogP contribution in [-0.2, 0) is 24.2 Å². The molecule has 0 saturated carbocycles. The Kier molecular flexibility index (Phi) is 3.96. The number of amides is 2. The Morgan fingerprint density at radius 3 is 2.17 bits per heavy atom. The van der Waals surface area contributed by atoms with Crippen molar-refractivity contribution >= 4 is 21.7 Å². The van der Waals surface area contributed by atoms with E-state index in [4.69, 9.17) is 0 Å². The van der Waals surface area contributed by atoms with Crippen LogP contribution in [0.2, 0.25) is 0 Å². The second-order valence-electron chi connectivity index (χ2n) is 5.53. The van der Waals surface area contributed by atoms with E-state index in [1.165, 1.54) is 24.3 Å². The Hall–Kier alpha value is -2.54. The highest BCUT2D eigenvalue weighted by Crippen LogP contribution is 2.41. The standard InChI is InChI=1S/C17H14FNO4S/c18-13-8-6-12(7-9-13)17(11-10-15(20)19-16(17)21)24(22,23)14-4-2-1-3-5-14/h1-9H,10-11H2,(H,19,20,21). The molecule has 0 bridgehead atoms. The molecule has 2 aromatic rings. The Bertz CT molecular complexity index is 894. The van der Waals surface area contributed by atoms with E-state index in [2.05, 4.69) is 5.32 Å². The number of piperidine rings is 1.